The van der Waals surface area contributed by atoms with Gasteiger partial charge in [-0.25, -0.2) is 5.84 Å². The number of hydrogen-bond acceptors (Lipinski definition) is 4. The standard InChI is InChI=1S/C11H15N3O2S/c1-8(15)13-7-3-2-4-9-5-6-10(17-9)11(16)14-12/h2,4-6H,3,7,12H2,1H3,(H,13,15)(H,14,16). The lowest BCUT2D eigenvalue weighted by atomic mass is 10.3. The van der Waals surface area contributed by atoms with Crippen molar-refractivity contribution in [2.45, 2.75) is 13.3 Å². The first kappa shape index (κ1) is 13.4. The maximum Gasteiger partial charge on any atom is 0.275 e. The smallest absolute Gasteiger partial charge is 0.275 e. The fraction of sp³-hybridized carbons (Fsp3) is 0.273. The van der Waals surface area contributed by atoms with Gasteiger partial charge in [0.15, 0.2) is 0 Å². The zero-order chi connectivity index (χ0) is 12.7. The molecule has 0 saturated heterocycles. The second-order valence-electron chi connectivity index (χ2n) is 3.35. The number of nitrogen functional groups attached to an aromatic ring is 1. The summed E-state index contributed by atoms with van der Waals surface area (Å²) >= 11 is 1.36. The van der Waals surface area contributed by atoms with Crippen LogP contribution < -0.4 is 16.6 Å². The zero-order valence-electron chi connectivity index (χ0n) is 9.53. The number of carbonyl (C=O) groups excluding carboxylic acids is 2. The Morgan fingerprint density at radius 2 is 2.24 bits per heavy atom. The van der Waals surface area contributed by atoms with Crippen LogP contribution in [0.4, 0.5) is 0 Å². The minimum Gasteiger partial charge on any atom is -0.356 e. The Morgan fingerprint density at radius 3 is 2.88 bits per heavy atom. The van der Waals surface area contributed by atoms with Crippen LogP contribution in [0, 0.1) is 0 Å². The minimum absolute atomic E-state index is 0.0311. The van der Waals surface area contributed by atoms with Gasteiger partial charge in [0.25, 0.3) is 5.91 Å². The summed E-state index contributed by atoms with van der Waals surface area (Å²) in [4.78, 5) is 23.3. The van der Waals surface area contributed by atoms with Gasteiger partial charge in [-0.2, -0.15) is 0 Å². The van der Waals surface area contributed by atoms with Gasteiger partial charge in [-0.05, 0) is 24.6 Å². The third-order valence-corrected chi connectivity index (χ3v) is 3.00. The van der Waals surface area contributed by atoms with E-state index >= 15 is 0 Å². The molecule has 5 nitrogen and oxygen atoms in total. The average molecular weight is 253 g/mol. The van der Waals surface area contributed by atoms with Gasteiger partial charge in [0.1, 0.15) is 0 Å². The molecule has 0 atom stereocenters. The summed E-state index contributed by atoms with van der Waals surface area (Å²) in [5, 5.41) is 2.70. The van der Waals surface area contributed by atoms with Crippen LogP contribution in [0.1, 0.15) is 27.9 Å². The van der Waals surface area contributed by atoms with Gasteiger partial charge >= 0.3 is 0 Å². The van der Waals surface area contributed by atoms with Crippen molar-refractivity contribution >= 4 is 29.2 Å². The van der Waals surface area contributed by atoms with E-state index in [1.165, 1.54) is 18.3 Å². The fourth-order valence-electron chi connectivity index (χ4n) is 1.17. The summed E-state index contributed by atoms with van der Waals surface area (Å²) in [5.74, 6) is 4.71. The van der Waals surface area contributed by atoms with Crippen LogP contribution in [-0.2, 0) is 4.79 Å². The maximum atomic E-state index is 11.2. The summed E-state index contributed by atoms with van der Waals surface area (Å²) < 4.78 is 0. The van der Waals surface area contributed by atoms with Crippen molar-refractivity contribution in [2.24, 2.45) is 5.84 Å². The SMILES string of the molecule is CC(=O)NCCC=Cc1ccc(C(=O)NN)s1. The quantitative estimate of drug-likeness (QED) is 0.315. The van der Waals surface area contributed by atoms with Crippen LogP contribution in [0.25, 0.3) is 6.08 Å². The van der Waals surface area contributed by atoms with Crippen molar-refractivity contribution in [3.8, 4) is 0 Å². The van der Waals surface area contributed by atoms with E-state index in [9.17, 15) is 9.59 Å². The molecule has 4 N–H and O–H groups in total. The molecular weight excluding hydrogens is 238 g/mol. The minimum atomic E-state index is -0.284. The molecule has 2 amide bonds. The van der Waals surface area contributed by atoms with E-state index in [1.807, 2.05) is 18.2 Å². The second-order valence-corrected chi connectivity index (χ2v) is 4.46. The predicted octanol–water partition coefficient (Wildman–Crippen LogP) is 0.891. The van der Waals surface area contributed by atoms with Crippen molar-refractivity contribution in [3.05, 3.63) is 28.0 Å². The number of nitrogens with two attached hydrogens (primary N) is 1. The van der Waals surface area contributed by atoms with Crippen LogP contribution >= 0.6 is 11.3 Å². The van der Waals surface area contributed by atoms with Gasteiger partial charge in [-0.3, -0.25) is 15.0 Å². The van der Waals surface area contributed by atoms with Gasteiger partial charge in [0.2, 0.25) is 5.91 Å². The third kappa shape index (κ3) is 4.80. The van der Waals surface area contributed by atoms with E-state index < -0.39 is 0 Å². The zero-order valence-corrected chi connectivity index (χ0v) is 10.3. The van der Waals surface area contributed by atoms with Crippen molar-refractivity contribution in [3.63, 3.8) is 0 Å². The Hall–Kier alpha value is -1.66. The molecule has 0 radical (unpaired) electrons. The molecule has 1 aromatic rings. The van der Waals surface area contributed by atoms with Gasteiger partial charge in [0, 0.05) is 18.3 Å². The fourth-order valence-corrected chi connectivity index (χ4v) is 2.01. The van der Waals surface area contributed by atoms with E-state index in [0.717, 1.165) is 11.3 Å². The Morgan fingerprint density at radius 1 is 1.47 bits per heavy atom. The highest BCUT2D eigenvalue weighted by Crippen LogP contribution is 2.17. The van der Waals surface area contributed by atoms with Crippen LogP contribution in [0.3, 0.4) is 0 Å². The topological polar surface area (TPSA) is 84.2 Å². The molecule has 17 heavy (non-hydrogen) atoms. The molecule has 1 aromatic heterocycles. The lowest BCUT2D eigenvalue weighted by molar-refractivity contribution is -0.118. The van der Waals surface area contributed by atoms with Gasteiger partial charge < -0.3 is 5.32 Å². The van der Waals surface area contributed by atoms with E-state index in [0.29, 0.717) is 11.4 Å². The summed E-state index contributed by atoms with van der Waals surface area (Å²) in [6, 6.07) is 3.57. The molecule has 0 spiro atoms. The van der Waals surface area contributed by atoms with Gasteiger partial charge in [-0.1, -0.05) is 6.08 Å². The molecule has 1 heterocycles. The molecular formula is C11H15N3O2S. The number of hydrazine groups is 1. The van der Waals surface area contributed by atoms with Crippen LogP contribution in [0.2, 0.25) is 0 Å². The van der Waals surface area contributed by atoms with Crippen molar-refractivity contribution in [1.82, 2.24) is 10.7 Å². The van der Waals surface area contributed by atoms with E-state index in [1.54, 1.807) is 6.07 Å². The van der Waals surface area contributed by atoms with Crippen LogP contribution in [0.5, 0.6) is 0 Å². The lowest BCUT2D eigenvalue weighted by Crippen LogP contribution is -2.29. The largest absolute Gasteiger partial charge is 0.356 e. The Balaban J connectivity index is 2.41. The maximum absolute atomic E-state index is 11.2. The third-order valence-electron chi connectivity index (χ3n) is 1.95. The van der Waals surface area contributed by atoms with E-state index in [2.05, 4.69) is 10.7 Å². The number of amides is 2. The highest BCUT2D eigenvalue weighted by Gasteiger charge is 2.05. The van der Waals surface area contributed by atoms with Crippen molar-refractivity contribution < 1.29 is 9.59 Å². The molecule has 0 aromatic carbocycles. The molecule has 0 bridgehead atoms. The first-order chi connectivity index (χ1) is 8.13. The van der Waals surface area contributed by atoms with Gasteiger partial charge in [-0.15, -0.1) is 11.3 Å². The lowest BCUT2D eigenvalue weighted by Gasteiger charge is -1.96. The second kappa shape index (κ2) is 6.82. The van der Waals surface area contributed by atoms with E-state index in [4.69, 9.17) is 5.84 Å². The molecule has 0 saturated carbocycles. The monoisotopic (exact) mass is 253 g/mol. The molecule has 1 rings (SSSR count). The number of thiophene rings is 1. The number of nitrogens with one attached hydrogen (secondary N) is 2. The molecule has 6 heteroatoms. The number of carbonyl (C=O) groups is 2. The summed E-state index contributed by atoms with van der Waals surface area (Å²) in [6.07, 6.45) is 4.63. The highest BCUT2D eigenvalue weighted by molar-refractivity contribution is 7.14. The molecule has 92 valence electrons. The summed E-state index contributed by atoms with van der Waals surface area (Å²) in [6.45, 7) is 2.11. The van der Waals surface area contributed by atoms with E-state index in [-0.39, 0.29) is 11.8 Å². The summed E-state index contributed by atoms with van der Waals surface area (Å²) in [5.41, 5.74) is 2.08. The number of rotatable bonds is 5. The molecule has 0 unspecified atom stereocenters. The Kier molecular flexibility index (Phi) is 5.38. The summed E-state index contributed by atoms with van der Waals surface area (Å²) in [7, 11) is 0. The normalized spacial score (nSPS) is 10.5. The molecule has 0 fully saturated rings. The predicted molar refractivity (Wildman–Crippen MR) is 68.3 cm³/mol. The Labute approximate surface area is 104 Å². The molecule has 0 aliphatic rings. The first-order valence-electron chi connectivity index (χ1n) is 5.15. The first-order valence-corrected chi connectivity index (χ1v) is 5.97. The Bertz CT molecular complexity index is 426. The highest BCUT2D eigenvalue weighted by atomic mass is 32.1. The van der Waals surface area contributed by atoms with Crippen LogP contribution in [0.15, 0.2) is 18.2 Å². The van der Waals surface area contributed by atoms with Gasteiger partial charge in [0.05, 0.1) is 4.88 Å². The van der Waals surface area contributed by atoms with Crippen LogP contribution in [-0.4, -0.2) is 18.4 Å². The van der Waals surface area contributed by atoms with Crippen molar-refractivity contribution in [2.75, 3.05) is 6.54 Å². The van der Waals surface area contributed by atoms with Crippen molar-refractivity contribution in [1.29, 1.82) is 0 Å². The molecule has 0 aliphatic heterocycles. The molecule has 0 aliphatic carbocycles. The number of hydrogen-bond donors (Lipinski definition) is 3. The average Bonchev–Trinajstić information content (AvgIpc) is 2.76.